The summed E-state index contributed by atoms with van der Waals surface area (Å²) in [7, 11) is 1.56. The van der Waals surface area contributed by atoms with Crippen LogP contribution >= 0.6 is 0 Å². The number of hydrogen-bond donors (Lipinski definition) is 1. The lowest BCUT2D eigenvalue weighted by Gasteiger charge is -2.12. The number of nitrogens with zero attached hydrogens (tertiary/aromatic N) is 2. The Kier molecular flexibility index (Phi) is 4.69. The number of methoxy groups -OCH3 is 1. The molecule has 0 bridgehead atoms. The molecular formula is C16H16N2O4. The van der Waals surface area contributed by atoms with Gasteiger partial charge in [-0.15, -0.1) is 0 Å². The molecule has 1 aromatic heterocycles. The summed E-state index contributed by atoms with van der Waals surface area (Å²) in [6, 6.07) is 10.3. The Hall–Kier alpha value is -2.94. The summed E-state index contributed by atoms with van der Waals surface area (Å²) in [6.45, 7) is 1.92. The molecule has 0 radical (unpaired) electrons. The van der Waals surface area contributed by atoms with Gasteiger partial charge in [-0.2, -0.15) is 5.26 Å². The fourth-order valence-electron chi connectivity index (χ4n) is 2.05. The molecule has 0 aliphatic heterocycles. The van der Waals surface area contributed by atoms with Crippen LogP contribution in [0.5, 0.6) is 17.4 Å². The normalized spacial score (nSPS) is 10.0. The van der Waals surface area contributed by atoms with Gasteiger partial charge in [-0.1, -0.05) is 6.07 Å². The van der Waals surface area contributed by atoms with Crippen LogP contribution in [0, 0.1) is 18.3 Å². The van der Waals surface area contributed by atoms with Gasteiger partial charge in [-0.25, -0.2) is 0 Å². The van der Waals surface area contributed by atoms with E-state index in [1.54, 1.807) is 38.3 Å². The number of aromatic hydroxyl groups is 1. The molecule has 0 unspecified atom stereocenters. The molecule has 0 saturated carbocycles. The second-order valence-corrected chi connectivity index (χ2v) is 4.66. The number of rotatable bonds is 5. The van der Waals surface area contributed by atoms with Crippen molar-refractivity contribution in [3.8, 4) is 23.4 Å². The molecule has 6 heteroatoms. The van der Waals surface area contributed by atoms with Gasteiger partial charge in [-0.3, -0.25) is 9.36 Å². The molecule has 1 heterocycles. The van der Waals surface area contributed by atoms with Crippen LogP contribution in [0.4, 0.5) is 0 Å². The third-order valence-corrected chi connectivity index (χ3v) is 3.22. The second-order valence-electron chi connectivity index (χ2n) is 4.66. The third-order valence-electron chi connectivity index (χ3n) is 3.22. The fourth-order valence-corrected chi connectivity index (χ4v) is 2.05. The highest BCUT2D eigenvalue weighted by Gasteiger charge is 2.12. The molecule has 2 aromatic rings. The van der Waals surface area contributed by atoms with Crippen molar-refractivity contribution in [2.45, 2.75) is 13.5 Å². The quantitative estimate of drug-likeness (QED) is 0.910. The van der Waals surface area contributed by atoms with Crippen molar-refractivity contribution in [1.82, 2.24) is 4.57 Å². The summed E-state index contributed by atoms with van der Waals surface area (Å²) in [5.41, 5.74) is 0.180. The standard InChI is InChI=1S/C16H16N2O4/c1-11-8-15(19)18(16(20)14(11)10-17)6-7-22-13-5-3-4-12(9-13)21-2/h3-5,8-9,20H,6-7H2,1-2H3. The maximum atomic E-state index is 11.9. The lowest BCUT2D eigenvalue weighted by atomic mass is 10.1. The number of benzene rings is 1. The molecule has 6 nitrogen and oxygen atoms in total. The highest BCUT2D eigenvalue weighted by molar-refractivity contribution is 5.43. The average Bonchev–Trinajstić information content (AvgIpc) is 2.51. The fraction of sp³-hybridized carbons (Fsp3) is 0.250. The summed E-state index contributed by atoms with van der Waals surface area (Å²) in [5.74, 6) is 0.931. The molecule has 1 N–H and O–H groups in total. The van der Waals surface area contributed by atoms with Crippen LogP contribution in [-0.2, 0) is 6.54 Å². The monoisotopic (exact) mass is 300 g/mol. The van der Waals surface area contributed by atoms with Gasteiger partial charge in [0, 0.05) is 12.1 Å². The van der Waals surface area contributed by atoms with E-state index in [1.807, 2.05) is 6.07 Å². The predicted octanol–water partition coefficient (Wildman–Crippen LogP) is 1.82. The van der Waals surface area contributed by atoms with Crippen molar-refractivity contribution in [2.75, 3.05) is 13.7 Å². The largest absolute Gasteiger partial charge is 0.497 e. The number of aryl methyl sites for hydroxylation is 1. The van der Waals surface area contributed by atoms with Gasteiger partial charge in [0.2, 0.25) is 5.88 Å². The Bertz CT molecular complexity index is 775. The van der Waals surface area contributed by atoms with Crippen molar-refractivity contribution < 1.29 is 14.6 Å². The van der Waals surface area contributed by atoms with Crippen LogP contribution < -0.4 is 15.0 Å². The number of aromatic nitrogens is 1. The molecule has 0 aliphatic carbocycles. The molecule has 22 heavy (non-hydrogen) atoms. The molecule has 0 spiro atoms. The van der Waals surface area contributed by atoms with Gasteiger partial charge in [0.1, 0.15) is 29.7 Å². The minimum Gasteiger partial charge on any atom is -0.497 e. The summed E-state index contributed by atoms with van der Waals surface area (Å²) in [4.78, 5) is 11.9. The number of hydrogen-bond acceptors (Lipinski definition) is 5. The summed E-state index contributed by atoms with van der Waals surface area (Å²) < 4.78 is 11.7. The van der Waals surface area contributed by atoms with E-state index in [1.165, 1.54) is 6.07 Å². The van der Waals surface area contributed by atoms with E-state index in [4.69, 9.17) is 14.7 Å². The van der Waals surface area contributed by atoms with Crippen molar-refractivity contribution in [3.63, 3.8) is 0 Å². The molecular weight excluding hydrogens is 284 g/mol. The van der Waals surface area contributed by atoms with E-state index in [-0.39, 0.29) is 30.2 Å². The smallest absolute Gasteiger partial charge is 0.253 e. The van der Waals surface area contributed by atoms with Crippen molar-refractivity contribution >= 4 is 0 Å². The molecule has 114 valence electrons. The number of pyridine rings is 1. The van der Waals surface area contributed by atoms with Gasteiger partial charge >= 0.3 is 0 Å². The van der Waals surface area contributed by atoms with E-state index in [9.17, 15) is 9.90 Å². The zero-order valence-corrected chi connectivity index (χ0v) is 12.4. The first-order chi connectivity index (χ1) is 10.6. The lowest BCUT2D eigenvalue weighted by Crippen LogP contribution is -2.23. The molecule has 0 atom stereocenters. The first-order valence-corrected chi connectivity index (χ1v) is 6.67. The summed E-state index contributed by atoms with van der Waals surface area (Å²) in [5, 5.41) is 19.0. The Morgan fingerprint density at radius 3 is 2.73 bits per heavy atom. The zero-order valence-electron chi connectivity index (χ0n) is 12.4. The minimum atomic E-state index is -0.372. The maximum Gasteiger partial charge on any atom is 0.253 e. The summed E-state index contributed by atoms with van der Waals surface area (Å²) >= 11 is 0. The number of nitriles is 1. The maximum absolute atomic E-state index is 11.9. The average molecular weight is 300 g/mol. The topological polar surface area (TPSA) is 84.5 Å². The zero-order chi connectivity index (χ0) is 16.1. The van der Waals surface area contributed by atoms with Crippen LogP contribution in [0.2, 0.25) is 0 Å². The first kappa shape index (κ1) is 15.4. The van der Waals surface area contributed by atoms with Gasteiger partial charge in [-0.05, 0) is 24.6 Å². The van der Waals surface area contributed by atoms with Crippen molar-refractivity contribution in [3.05, 3.63) is 51.8 Å². The molecule has 0 aliphatic rings. The molecule has 0 fully saturated rings. The molecule has 2 rings (SSSR count). The highest BCUT2D eigenvalue weighted by atomic mass is 16.5. The van der Waals surface area contributed by atoms with Crippen LogP contribution in [-0.4, -0.2) is 23.4 Å². The molecule has 0 saturated heterocycles. The van der Waals surface area contributed by atoms with Crippen molar-refractivity contribution in [2.24, 2.45) is 0 Å². The van der Waals surface area contributed by atoms with Gasteiger partial charge in [0.05, 0.1) is 13.7 Å². The SMILES string of the molecule is COc1cccc(OCCn2c(O)c(C#N)c(C)cc2=O)c1. The van der Waals surface area contributed by atoms with E-state index in [2.05, 4.69) is 0 Å². The Morgan fingerprint density at radius 2 is 2.05 bits per heavy atom. The predicted molar refractivity (Wildman–Crippen MR) is 80.3 cm³/mol. The van der Waals surface area contributed by atoms with E-state index < -0.39 is 0 Å². The Morgan fingerprint density at radius 1 is 1.32 bits per heavy atom. The lowest BCUT2D eigenvalue weighted by molar-refractivity contribution is 0.282. The summed E-state index contributed by atoms with van der Waals surface area (Å²) in [6.07, 6.45) is 0. The minimum absolute atomic E-state index is 0.0981. The van der Waals surface area contributed by atoms with Gasteiger partial charge in [0.25, 0.3) is 5.56 Å². The molecule has 1 aromatic carbocycles. The highest BCUT2D eigenvalue weighted by Crippen LogP contribution is 2.20. The van der Waals surface area contributed by atoms with Gasteiger partial charge in [0.15, 0.2) is 0 Å². The number of ether oxygens (including phenoxy) is 2. The van der Waals surface area contributed by atoms with E-state index in [0.29, 0.717) is 17.1 Å². The van der Waals surface area contributed by atoms with Gasteiger partial charge < -0.3 is 14.6 Å². The van der Waals surface area contributed by atoms with E-state index in [0.717, 1.165) is 4.57 Å². The van der Waals surface area contributed by atoms with Crippen LogP contribution in [0.15, 0.2) is 35.1 Å². The second kappa shape index (κ2) is 6.68. The Balaban J connectivity index is 2.12. The van der Waals surface area contributed by atoms with Crippen LogP contribution in [0.1, 0.15) is 11.1 Å². The third kappa shape index (κ3) is 3.20. The van der Waals surface area contributed by atoms with Crippen LogP contribution in [0.3, 0.4) is 0 Å². The Labute approximate surface area is 127 Å². The van der Waals surface area contributed by atoms with Crippen LogP contribution in [0.25, 0.3) is 0 Å². The van der Waals surface area contributed by atoms with E-state index >= 15 is 0 Å². The molecule has 0 amide bonds. The first-order valence-electron chi connectivity index (χ1n) is 6.67. The van der Waals surface area contributed by atoms with Crippen molar-refractivity contribution in [1.29, 1.82) is 5.26 Å².